The Morgan fingerprint density at radius 3 is 2.59 bits per heavy atom. The number of unbranched alkanes of at least 4 members (excludes halogenated alkanes) is 3. The van der Waals surface area contributed by atoms with Crippen molar-refractivity contribution in [3.8, 4) is 0 Å². The van der Waals surface area contributed by atoms with Gasteiger partial charge in [-0.2, -0.15) is 5.10 Å². The maximum atomic E-state index is 12.6. The lowest BCUT2D eigenvalue weighted by Gasteiger charge is -2.37. The Labute approximate surface area is 159 Å². The lowest BCUT2D eigenvalue weighted by molar-refractivity contribution is 0.00290. The SMILES string of the molecule is CCCCCCN1CC2(CCN(C(=O)c3ccc(=O)n(C)n3)CC2)OC1=O. The Morgan fingerprint density at radius 2 is 1.93 bits per heavy atom. The van der Waals surface area contributed by atoms with Crippen LogP contribution in [0.1, 0.15) is 55.9 Å². The van der Waals surface area contributed by atoms with E-state index in [2.05, 4.69) is 12.0 Å². The van der Waals surface area contributed by atoms with E-state index in [1.807, 2.05) is 4.90 Å². The standard InChI is InChI=1S/C19H28N4O4/c1-3-4-5-6-11-23-14-19(27-18(23)26)9-12-22(13-10-19)17(25)15-7-8-16(24)21(2)20-15/h7-8H,3-6,9-14H2,1-2H3. The molecule has 0 aliphatic carbocycles. The Hall–Kier alpha value is -2.38. The molecule has 3 rings (SSSR count). The van der Waals surface area contributed by atoms with Gasteiger partial charge in [-0.05, 0) is 12.5 Å². The van der Waals surface area contributed by atoms with Crippen molar-refractivity contribution in [1.82, 2.24) is 19.6 Å². The summed E-state index contributed by atoms with van der Waals surface area (Å²) in [5.74, 6) is -0.193. The lowest BCUT2D eigenvalue weighted by Crippen LogP contribution is -2.49. The van der Waals surface area contributed by atoms with Crippen LogP contribution >= 0.6 is 0 Å². The van der Waals surface area contributed by atoms with Gasteiger partial charge in [-0.25, -0.2) is 9.48 Å². The number of ether oxygens (including phenoxy) is 1. The minimum atomic E-state index is -0.477. The van der Waals surface area contributed by atoms with Gasteiger partial charge in [0.2, 0.25) is 0 Å². The topological polar surface area (TPSA) is 84.7 Å². The molecule has 0 unspecified atom stereocenters. The normalized spacial score (nSPS) is 18.8. The molecule has 148 valence electrons. The van der Waals surface area contributed by atoms with E-state index in [4.69, 9.17) is 4.74 Å². The molecule has 0 aromatic carbocycles. The number of carbonyl (C=O) groups excluding carboxylic acids is 2. The van der Waals surface area contributed by atoms with E-state index >= 15 is 0 Å². The number of nitrogens with zero attached hydrogens (tertiary/aromatic N) is 4. The Bertz CT molecular complexity index is 752. The first-order valence-electron chi connectivity index (χ1n) is 9.76. The molecule has 0 N–H and O–H groups in total. The summed E-state index contributed by atoms with van der Waals surface area (Å²) in [5.41, 5.74) is -0.467. The number of aromatic nitrogens is 2. The van der Waals surface area contributed by atoms with Crippen LogP contribution in [-0.2, 0) is 11.8 Å². The number of likely N-dealkylation sites (tertiary alicyclic amines) is 1. The van der Waals surface area contributed by atoms with Gasteiger partial charge in [0, 0.05) is 45.6 Å². The quantitative estimate of drug-likeness (QED) is 0.707. The number of aryl methyl sites for hydroxylation is 1. The third kappa shape index (κ3) is 4.31. The zero-order valence-electron chi connectivity index (χ0n) is 16.1. The molecule has 2 aliphatic heterocycles. The average molecular weight is 376 g/mol. The summed E-state index contributed by atoms with van der Waals surface area (Å²) < 4.78 is 6.88. The van der Waals surface area contributed by atoms with E-state index in [0.29, 0.717) is 32.5 Å². The Kier molecular flexibility index (Phi) is 5.82. The minimum Gasteiger partial charge on any atom is -0.441 e. The zero-order valence-corrected chi connectivity index (χ0v) is 16.1. The maximum absolute atomic E-state index is 12.6. The number of carbonyl (C=O) groups is 2. The molecule has 2 fully saturated rings. The van der Waals surface area contributed by atoms with Crippen LogP contribution in [-0.4, -0.2) is 63.4 Å². The van der Waals surface area contributed by atoms with Crippen LogP contribution in [0.2, 0.25) is 0 Å². The average Bonchev–Trinajstić information content (AvgIpc) is 2.96. The largest absolute Gasteiger partial charge is 0.441 e. The minimum absolute atomic E-state index is 0.193. The highest BCUT2D eigenvalue weighted by Gasteiger charge is 2.47. The van der Waals surface area contributed by atoms with Gasteiger partial charge >= 0.3 is 6.09 Å². The fraction of sp³-hybridized carbons (Fsp3) is 0.684. The van der Waals surface area contributed by atoms with E-state index in [0.717, 1.165) is 24.1 Å². The molecule has 8 heteroatoms. The summed E-state index contributed by atoms with van der Waals surface area (Å²) in [5, 5.41) is 4.03. The predicted octanol–water partition coefficient (Wildman–Crippen LogP) is 1.79. The molecule has 2 aliphatic rings. The van der Waals surface area contributed by atoms with Gasteiger partial charge in [-0.15, -0.1) is 0 Å². The highest BCUT2D eigenvalue weighted by molar-refractivity contribution is 5.92. The summed E-state index contributed by atoms with van der Waals surface area (Å²) >= 11 is 0. The first-order valence-corrected chi connectivity index (χ1v) is 9.76. The van der Waals surface area contributed by atoms with Gasteiger partial charge in [0.15, 0.2) is 0 Å². The lowest BCUT2D eigenvalue weighted by atomic mass is 9.91. The molecule has 1 spiro atoms. The first-order chi connectivity index (χ1) is 12.9. The van der Waals surface area contributed by atoms with E-state index in [1.54, 1.807) is 4.90 Å². The fourth-order valence-electron chi connectivity index (χ4n) is 3.75. The van der Waals surface area contributed by atoms with E-state index in [1.165, 1.54) is 32.0 Å². The van der Waals surface area contributed by atoms with Crippen LogP contribution in [0.15, 0.2) is 16.9 Å². The molecule has 0 bridgehead atoms. The van der Waals surface area contributed by atoms with Crippen molar-refractivity contribution in [3.05, 3.63) is 28.2 Å². The second kappa shape index (κ2) is 8.10. The predicted molar refractivity (Wildman–Crippen MR) is 99.5 cm³/mol. The van der Waals surface area contributed by atoms with Gasteiger partial charge in [0.25, 0.3) is 11.5 Å². The molecule has 2 saturated heterocycles. The van der Waals surface area contributed by atoms with Crippen molar-refractivity contribution in [2.24, 2.45) is 7.05 Å². The van der Waals surface area contributed by atoms with Crippen molar-refractivity contribution in [1.29, 1.82) is 0 Å². The molecular weight excluding hydrogens is 348 g/mol. The van der Waals surface area contributed by atoms with Gasteiger partial charge in [0.1, 0.15) is 11.3 Å². The van der Waals surface area contributed by atoms with Gasteiger partial charge < -0.3 is 14.5 Å². The van der Waals surface area contributed by atoms with Crippen molar-refractivity contribution in [2.75, 3.05) is 26.2 Å². The van der Waals surface area contributed by atoms with Gasteiger partial charge in [0.05, 0.1) is 6.54 Å². The fourth-order valence-corrected chi connectivity index (χ4v) is 3.75. The number of amides is 2. The highest BCUT2D eigenvalue weighted by Crippen LogP contribution is 2.33. The highest BCUT2D eigenvalue weighted by atomic mass is 16.6. The molecule has 8 nitrogen and oxygen atoms in total. The van der Waals surface area contributed by atoms with Crippen molar-refractivity contribution < 1.29 is 14.3 Å². The smallest absolute Gasteiger partial charge is 0.410 e. The molecular formula is C19H28N4O4. The number of piperidine rings is 1. The maximum Gasteiger partial charge on any atom is 0.410 e. The molecule has 0 atom stereocenters. The summed E-state index contributed by atoms with van der Waals surface area (Å²) in [6.07, 6.45) is 5.51. The van der Waals surface area contributed by atoms with Crippen molar-refractivity contribution >= 4 is 12.0 Å². The van der Waals surface area contributed by atoms with Crippen LogP contribution in [0.25, 0.3) is 0 Å². The summed E-state index contributed by atoms with van der Waals surface area (Å²) in [7, 11) is 1.53. The second-order valence-corrected chi connectivity index (χ2v) is 7.51. The van der Waals surface area contributed by atoms with Crippen LogP contribution in [0.5, 0.6) is 0 Å². The summed E-state index contributed by atoms with van der Waals surface area (Å²) in [6.45, 7) is 4.54. The molecule has 1 aromatic heterocycles. The molecule has 1 aromatic rings. The van der Waals surface area contributed by atoms with Gasteiger partial charge in [-0.3, -0.25) is 9.59 Å². The van der Waals surface area contributed by atoms with Crippen LogP contribution in [0.3, 0.4) is 0 Å². The van der Waals surface area contributed by atoms with Crippen LogP contribution < -0.4 is 5.56 Å². The van der Waals surface area contributed by atoms with Crippen LogP contribution in [0.4, 0.5) is 4.79 Å². The summed E-state index contributed by atoms with van der Waals surface area (Å²) in [4.78, 5) is 39.8. The third-order valence-electron chi connectivity index (χ3n) is 5.46. The molecule has 27 heavy (non-hydrogen) atoms. The number of rotatable bonds is 6. The number of hydrogen-bond donors (Lipinski definition) is 0. The van der Waals surface area contributed by atoms with Crippen molar-refractivity contribution in [2.45, 2.75) is 51.0 Å². The Morgan fingerprint density at radius 1 is 1.19 bits per heavy atom. The monoisotopic (exact) mass is 376 g/mol. The zero-order chi connectivity index (χ0) is 19.4. The molecule has 2 amide bonds. The van der Waals surface area contributed by atoms with Gasteiger partial charge in [-0.1, -0.05) is 26.2 Å². The molecule has 0 saturated carbocycles. The second-order valence-electron chi connectivity index (χ2n) is 7.51. The van der Waals surface area contributed by atoms with Crippen molar-refractivity contribution in [3.63, 3.8) is 0 Å². The molecule has 0 radical (unpaired) electrons. The summed E-state index contributed by atoms with van der Waals surface area (Å²) in [6, 6.07) is 2.81. The first kappa shape index (κ1) is 19.4. The van der Waals surface area contributed by atoms with E-state index in [9.17, 15) is 14.4 Å². The van der Waals surface area contributed by atoms with E-state index in [-0.39, 0.29) is 23.3 Å². The number of hydrogen-bond acceptors (Lipinski definition) is 5. The van der Waals surface area contributed by atoms with Crippen LogP contribution in [0, 0.1) is 0 Å². The molecule has 3 heterocycles. The Balaban J connectivity index is 1.55. The third-order valence-corrected chi connectivity index (χ3v) is 5.46. The van der Waals surface area contributed by atoms with E-state index < -0.39 is 5.60 Å².